The molecule has 0 unspecified atom stereocenters. The van der Waals surface area contributed by atoms with Crippen LogP contribution in [-0.4, -0.2) is 17.5 Å². The number of aromatic nitrogens is 1. The number of rotatable bonds is 7. The molecule has 0 fully saturated rings. The van der Waals surface area contributed by atoms with Gasteiger partial charge in [0.25, 0.3) is 0 Å². The third-order valence-electron chi connectivity index (χ3n) is 3.69. The van der Waals surface area contributed by atoms with Gasteiger partial charge in [0, 0.05) is 12.7 Å². The molecular weight excluding hydrogens is 332 g/mol. The lowest BCUT2D eigenvalue weighted by Crippen LogP contribution is -2.24. The highest BCUT2D eigenvalue weighted by molar-refractivity contribution is 7.13. The lowest BCUT2D eigenvalue weighted by molar-refractivity contribution is -0.120. The molecule has 0 radical (unpaired) electrons. The standard InChI is InChI=1S/C20H20N2O2S/c1-2-24-17-7-5-15(6-8-17)13-20(23)22-14-16-9-10-21-18(12-16)19-4-3-11-25-19/h3-12H,2,13-14H2,1H3,(H,22,23). The van der Waals surface area contributed by atoms with Crippen LogP contribution in [0.25, 0.3) is 10.6 Å². The minimum Gasteiger partial charge on any atom is -0.494 e. The number of carbonyl (C=O) groups is 1. The number of amides is 1. The lowest BCUT2D eigenvalue weighted by Gasteiger charge is -2.07. The minimum atomic E-state index is -0.00125. The van der Waals surface area contributed by atoms with Crippen LogP contribution in [0, 0.1) is 0 Å². The van der Waals surface area contributed by atoms with Gasteiger partial charge in [0.1, 0.15) is 5.75 Å². The van der Waals surface area contributed by atoms with Crippen LogP contribution in [0.5, 0.6) is 5.75 Å². The molecule has 0 saturated carbocycles. The minimum absolute atomic E-state index is 0.00125. The maximum Gasteiger partial charge on any atom is 0.224 e. The SMILES string of the molecule is CCOc1ccc(CC(=O)NCc2ccnc(-c3cccs3)c2)cc1. The van der Waals surface area contributed by atoms with Crippen molar-refractivity contribution < 1.29 is 9.53 Å². The van der Waals surface area contributed by atoms with Crippen molar-refractivity contribution in [2.75, 3.05) is 6.61 Å². The van der Waals surface area contributed by atoms with Gasteiger partial charge in [-0.05, 0) is 53.8 Å². The molecule has 2 heterocycles. The predicted octanol–water partition coefficient (Wildman–Crippen LogP) is 4.07. The summed E-state index contributed by atoms with van der Waals surface area (Å²) in [6.07, 6.45) is 2.14. The van der Waals surface area contributed by atoms with Crippen molar-refractivity contribution in [3.05, 3.63) is 71.2 Å². The molecule has 128 valence electrons. The number of thiophene rings is 1. The zero-order valence-corrected chi connectivity index (χ0v) is 14.9. The van der Waals surface area contributed by atoms with E-state index >= 15 is 0 Å². The Hall–Kier alpha value is -2.66. The highest BCUT2D eigenvalue weighted by Crippen LogP contribution is 2.23. The molecule has 25 heavy (non-hydrogen) atoms. The van der Waals surface area contributed by atoms with E-state index in [1.807, 2.05) is 60.8 Å². The Balaban J connectivity index is 1.54. The van der Waals surface area contributed by atoms with Crippen LogP contribution >= 0.6 is 11.3 Å². The molecule has 2 aromatic heterocycles. The van der Waals surface area contributed by atoms with Gasteiger partial charge < -0.3 is 10.1 Å². The smallest absolute Gasteiger partial charge is 0.224 e. The summed E-state index contributed by atoms with van der Waals surface area (Å²) >= 11 is 1.66. The normalized spacial score (nSPS) is 10.4. The van der Waals surface area contributed by atoms with Crippen molar-refractivity contribution in [1.29, 1.82) is 0 Å². The molecule has 0 aliphatic heterocycles. The molecule has 1 amide bonds. The molecule has 0 atom stereocenters. The Morgan fingerprint density at radius 3 is 2.72 bits per heavy atom. The Morgan fingerprint density at radius 1 is 1.16 bits per heavy atom. The van der Waals surface area contributed by atoms with Crippen LogP contribution < -0.4 is 10.1 Å². The second kappa shape index (κ2) is 8.44. The quantitative estimate of drug-likeness (QED) is 0.697. The summed E-state index contributed by atoms with van der Waals surface area (Å²) in [6, 6.07) is 15.6. The molecule has 0 aliphatic carbocycles. The molecule has 5 heteroatoms. The Bertz CT molecular complexity index is 814. The zero-order chi connectivity index (χ0) is 17.5. The van der Waals surface area contributed by atoms with Crippen LogP contribution in [0.1, 0.15) is 18.1 Å². The van der Waals surface area contributed by atoms with E-state index < -0.39 is 0 Å². The average molecular weight is 352 g/mol. The molecule has 0 bridgehead atoms. The number of ether oxygens (including phenoxy) is 1. The van der Waals surface area contributed by atoms with Gasteiger partial charge >= 0.3 is 0 Å². The molecule has 0 spiro atoms. The Labute approximate surface area is 151 Å². The van der Waals surface area contributed by atoms with Gasteiger partial charge in [0.2, 0.25) is 5.91 Å². The number of pyridine rings is 1. The van der Waals surface area contributed by atoms with Gasteiger partial charge in [-0.2, -0.15) is 0 Å². The summed E-state index contributed by atoms with van der Waals surface area (Å²) in [7, 11) is 0. The highest BCUT2D eigenvalue weighted by atomic mass is 32.1. The maximum atomic E-state index is 12.2. The molecule has 0 saturated heterocycles. The second-order valence-corrected chi connectivity index (χ2v) is 6.50. The lowest BCUT2D eigenvalue weighted by atomic mass is 10.1. The van der Waals surface area contributed by atoms with Crippen molar-refractivity contribution in [2.24, 2.45) is 0 Å². The second-order valence-electron chi connectivity index (χ2n) is 5.56. The summed E-state index contributed by atoms with van der Waals surface area (Å²) in [5.74, 6) is 0.822. The molecule has 4 nitrogen and oxygen atoms in total. The topological polar surface area (TPSA) is 51.2 Å². The zero-order valence-electron chi connectivity index (χ0n) is 14.1. The first-order valence-electron chi connectivity index (χ1n) is 8.22. The summed E-state index contributed by atoms with van der Waals surface area (Å²) in [5, 5.41) is 5.00. The van der Waals surface area contributed by atoms with Gasteiger partial charge in [-0.15, -0.1) is 11.3 Å². The molecular formula is C20H20N2O2S. The number of hydrogen-bond donors (Lipinski definition) is 1. The third-order valence-corrected chi connectivity index (χ3v) is 4.58. The Morgan fingerprint density at radius 2 is 2.00 bits per heavy atom. The first-order chi connectivity index (χ1) is 12.2. The molecule has 0 aliphatic rings. The molecule has 1 aromatic carbocycles. The fraction of sp³-hybridized carbons (Fsp3) is 0.200. The van der Waals surface area contributed by atoms with E-state index in [4.69, 9.17) is 4.74 Å². The Kier molecular flexibility index (Phi) is 5.80. The number of hydrogen-bond acceptors (Lipinski definition) is 4. The van der Waals surface area contributed by atoms with Gasteiger partial charge in [0.05, 0.1) is 23.6 Å². The predicted molar refractivity (Wildman–Crippen MR) is 101 cm³/mol. The van der Waals surface area contributed by atoms with Crippen LogP contribution in [0.3, 0.4) is 0 Å². The van der Waals surface area contributed by atoms with E-state index in [2.05, 4.69) is 10.3 Å². The van der Waals surface area contributed by atoms with E-state index in [1.165, 1.54) is 0 Å². The number of nitrogens with zero attached hydrogens (tertiary/aromatic N) is 1. The van der Waals surface area contributed by atoms with E-state index in [0.717, 1.165) is 27.4 Å². The van der Waals surface area contributed by atoms with Crippen LogP contribution in [-0.2, 0) is 17.8 Å². The van der Waals surface area contributed by atoms with Crippen molar-refractivity contribution in [3.63, 3.8) is 0 Å². The van der Waals surface area contributed by atoms with Crippen LogP contribution in [0.4, 0.5) is 0 Å². The van der Waals surface area contributed by atoms with Crippen LogP contribution in [0.15, 0.2) is 60.1 Å². The van der Waals surface area contributed by atoms with E-state index in [1.54, 1.807) is 17.5 Å². The van der Waals surface area contributed by atoms with Crippen LogP contribution in [0.2, 0.25) is 0 Å². The van der Waals surface area contributed by atoms with E-state index in [9.17, 15) is 4.79 Å². The molecule has 3 aromatic rings. The van der Waals surface area contributed by atoms with Gasteiger partial charge in [0.15, 0.2) is 0 Å². The first-order valence-corrected chi connectivity index (χ1v) is 9.10. The molecule has 1 N–H and O–H groups in total. The van der Waals surface area contributed by atoms with Gasteiger partial charge in [-0.1, -0.05) is 18.2 Å². The monoisotopic (exact) mass is 352 g/mol. The summed E-state index contributed by atoms with van der Waals surface area (Å²) in [6.45, 7) is 3.08. The van der Waals surface area contributed by atoms with Crippen molar-refractivity contribution in [1.82, 2.24) is 10.3 Å². The van der Waals surface area contributed by atoms with E-state index in [-0.39, 0.29) is 5.91 Å². The fourth-order valence-electron chi connectivity index (χ4n) is 2.46. The third kappa shape index (κ3) is 4.90. The highest BCUT2D eigenvalue weighted by Gasteiger charge is 2.06. The number of benzene rings is 1. The van der Waals surface area contributed by atoms with Gasteiger partial charge in [-0.3, -0.25) is 9.78 Å². The largest absolute Gasteiger partial charge is 0.494 e. The average Bonchev–Trinajstić information content (AvgIpc) is 3.17. The maximum absolute atomic E-state index is 12.2. The van der Waals surface area contributed by atoms with Crippen molar-refractivity contribution in [2.45, 2.75) is 19.9 Å². The summed E-state index contributed by atoms with van der Waals surface area (Å²) < 4.78 is 5.41. The number of nitrogens with one attached hydrogen (secondary N) is 1. The van der Waals surface area contributed by atoms with E-state index in [0.29, 0.717) is 19.6 Å². The molecule has 3 rings (SSSR count). The fourth-order valence-corrected chi connectivity index (χ4v) is 3.16. The summed E-state index contributed by atoms with van der Waals surface area (Å²) in [4.78, 5) is 17.7. The first kappa shape index (κ1) is 17.2. The number of carbonyl (C=O) groups excluding carboxylic acids is 1. The van der Waals surface area contributed by atoms with Crippen molar-refractivity contribution >= 4 is 17.2 Å². The summed E-state index contributed by atoms with van der Waals surface area (Å²) in [5.41, 5.74) is 2.95. The van der Waals surface area contributed by atoms with Crippen molar-refractivity contribution in [3.8, 4) is 16.3 Å². The van der Waals surface area contributed by atoms with Gasteiger partial charge in [-0.25, -0.2) is 0 Å².